The molecule has 2 saturated heterocycles. The van der Waals surface area contributed by atoms with Gasteiger partial charge in [0.1, 0.15) is 0 Å². The maximum Gasteiger partial charge on any atom is 0.222 e. The van der Waals surface area contributed by atoms with Crippen LogP contribution in [0.5, 0.6) is 0 Å². The first-order chi connectivity index (χ1) is 17.3. The molecule has 0 unspecified atom stereocenters. The number of benzene rings is 1. The van der Waals surface area contributed by atoms with Crippen molar-refractivity contribution in [2.24, 2.45) is 0 Å². The topological polar surface area (TPSA) is 140 Å². The second-order valence-electron chi connectivity index (χ2n) is 9.38. The van der Waals surface area contributed by atoms with Gasteiger partial charge in [0.15, 0.2) is 22.5 Å². The Morgan fingerprint density at radius 2 is 1.89 bits per heavy atom. The molecule has 0 atom stereocenters. The number of aryl methyl sites for hydroxylation is 1. The molecule has 2 aromatic heterocycles. The predicted octanol–water partition coefficient (Wildman–Crippen LogP) is 3.74. The van der Waals surface area contributed by atoms with Crippen molar-refractivity contribution in [2.75, 3.05) is 24.6 Å². The Morgan fingerprint density at radius 3 is 2.67 bits per heavy atom. The number of carbonyl (C=O) groups is 2. The van der Waals surface area contributed by atoms with E-state index in [9.17, 15) is 9.59 Å². The van der Waals surface area contributed by atoms with E-state index < -0.39 is 0 Å². The third-order valence-electron chi connectivity index (χ3n) is 6.93. The van der Waals surface area contributed by atoms with Crippen LogP contribution >= 0.6 is 22.9 Å². The number of thiazole rings is 1. The Balaban J connectivity index is 1.11. The van der Waals surface area contributed by atoms with Crippen LogP contribution in [-0.2, 0) is 11.2 Å². The number of hydrogen-bond acceptors (Lipinski definition) is 9. The summed E-state index contributed by atoms with van der Waals surface area (Å²) in [6.07, 6.45) is 7.02. The summed E-state index contributed by atoms with van der Waals surface area (Å²) in [7, 11) is 0. The molecular weight excluding hydrogens is 498 g/mol. The number of nitrogens with two attached hydrogens (primary N) is 2. The summed E-state index contributed by atoms with van der Waals surface area (Å²) in [5, 5.41) is 4.58. The molecule has 36 heavy (non-hydrogen) atoms. The van der Waals surface area contributed by atoms with Gasteiger partial charge < -0.3 is 21.7 Å². The van der Waals surface area contributed by atoms with Crippen LogP contribution in [0.4, 0.5) is 11.6 Å². The number of ketones is 1. The van der Waals surface area contributed by atoms with E-state index >= 15 is 0 Å². The van der Waals surface area contributed by atoms with E-state index in [1.165, 1.54) is 10.8 Å². The van der Waals surface area contributed by atoms with E-state index in [0.29, 0.717) is 19.5 Å². The number of fused-ring (bicyclic) bond motifs is 1. The van der Waals surface area contributed by atoms with Crippen LogP contribution in [0.1, 0.15) is 54.0 Å². The number of anilines is 2. The van der Waals surface area contributed by atoms with Crippen LogP contribution in [0.2, 0.25) is 5.15 Å². The summed E-state index contributed by atoms with van der Waals surface area (Å²) >= 11 is 7.61. The second kappa shape index (κ2) is 10.0. The molecule has 188 valence electrons. The molecule has 0 bridgehead atoms. The van der Waals surface area contributed by atoms with E-state index in [-0.39, 0.29) is 39.7 Å². The molecule has 5 N–H and O–H groups in total. The lowest BCUT2D eigenvalue weighted by atomic mass is 9.86. The molecule has 11 heteroatoms. The van der Waals surface area contributed by atoms with E-state index in [2.05, 4.69) is 26.3 Å². The van der Waals surface area contributed by atoms with Gasteiger partial charge in [-0.05, 0) is 50.7 Å². The molecule has 0 aliphatic carbocycles. The first kappa shape index (κ1) is 24.5. The van der Waals surface area contributed by atoms with Crippen LogP contribution < -0.4 is 16.8 Å². The second-order valence-corrected chi connectivity index (χ2v) is 10.9. The molecule has 2 aliphatic rings. The molecule has 1 amide bonds. The van der Waals surface area contributed by atoms with Crippen molar-refractivity contribution in [1.29, 1.82) is 0 Å². The quantitative estimate of drug-likeness (QED) is 0.326. The highest BCUT2D eigenvalue weighted by molar-refractivity contribution is 7.18. The third kappa shape index (κ3) is 5.15. The highest BCUT2D eigenvalue weighted by atomic mass is 35.5. The summed E-state index contributed by atoms with van der Waals surface area (Å²) in [5.74, 6) is -0.206. The van der Waals surface area contributed by atoms with Crippen molar-refractivity contribution >= 4 is 56.5 Å². The maximum atomic E-state index is 12.8. The largest absolute Gasteiger partial charge is 0.383 e. The Bertz CT molecular complexity index is 1310. The highest BCUT2D eigenvalue weighted by Crippen LogP contribution is 2.35. The number of rotatable bonds is 6. The molecule has 9 nitrogen and oxygen atoms in total. The van der Waals surface area contributed by atoms with E-state index in [0.717, 1.165) is 54.7 Å². The van der Waals surface area contributed by atoms with Gasteiger partial charge in [0.05, 0.1) is 15.2 Å². The minimum absolute atomic E-state index is 0.00397. The van der Waals surface area contributed by atoms with Gasteiger partial charge in [-0.1, -0.05) is 23.7 Å². The van der Waals surface area contributed by atoms with Crippen molar-refractivity contribution in [3.8, 4) is 0 Å². The molecule has 5 rings (SSSR count). The molecule has 1 aromatic carbocycles. The van der Waals surface area contributed by atoms with E-state index in [4.69, 9.17) is 23.1 Å². The smallest absolute Gasteiger partial charge is 0.222 e. The normalized spacial score (nSPS) is 18.1. The molecule has 0 saturated carbocycles. The Morgan fingerprint density at radius 1 is 1.11 bits per heavy atom. The van der Waals surface area contributed by atoms with Crippen molar-refractivity contribution < 1.29 is 9.59 Å². The molecule has 1 spiro atoms. The number of halogens is 1. The number of hydrogen-bond donors (Lipinski definition) is 3. The van der Waals surface area contributed by atoms with Crippen LogP contribution in [0.3, 0.4) is 0 Å². The lowest BCUT2D eigenvalue weighted by Crippen LogP contribution is -2.51. The maximum absolute atomic E-state index is 12.8. The number of piperidine rings is 1. The zero-order valence-corrected chi connectivity index (χ0v) is 21.4. The van der Waals surface area contributed by atoms with Crippen LogP contribution in [0, 0.1) is 0 Å². The first-order valence-electron chi connectivity index (χ1n) is 12.1. The lowest BCUT2D eigenvalue weighted by Gasteiger charge is -2.39. The van der Waals surface area contributed by atoms with Crippen LogP contribution in [0.15, 0.2) is 36.0 Å². The molecule has 2 fully saturated rings. The van der Waals surface area contributed by atoms with Gasteiger partial charge in [-0.2, -0.15) is 0 Å². The number of nitrogens with zero attached hydrogens (tertiary/aromatic N) is 4. The number of likely N-dealkylation sites (tertiary alicyclic amines) is 1. The van der Waals surface area contributed by atoms with Crippen molar-refractivity contribution in [3.63, 3.8) is 0 Å². The number of para-hydroxylation sites is 1. The fraction of sp³-hybridized carbons (Fsp3) is 0.400. The summed E-state index contributed by atoms with van der Waals surface area (Å²) in [4.78, 5) is 40.0. The fourth-order valence-corrected chi connectivity index (χ4v) is 6.07. The average molecular weight is 526 g/mol. The fourth-order valence-electron chi connectivity index (χ4n) is 4.93. The summed E-state index contributed by atoms with van der Waals surface area (Å²) in [6, 6.07) is 8.12. The minimum atomic E-state index is -0.359. The molecule has 3 aromatic rings. The molecule has 0 radical (unpaired) electrons. The van der Waals surface area contributed by atoms with Crippen molar-refractivity contribution in [1.82, 2.24) is 25.2 Å². The van der Waals surface area contributed by atoms with Crippen LogP contribution in [-0.4, -0.2) is 50.2 Å². The van der Waals surface area contributed by atoms with Crippen LogP contribution in [0.25, 0.3) is 10.2 Å². The highest BCUT2D eigenvalue weighted by Gasteiger charge is 2.39. The zero-order chi connectivity index (χ0) is 25.3. The van der Waals surface area contributed by atoms with Gasteiger partial charge in [0, 0.05) is 36.8 Å². The van der Waals surface area contributed by atoms with E-state index in [1.807, 2.05) is 23.1 Å². The number of carbonyl (C=O) groups excluding carboxylic acids is 2. The molecular formula is C25H28ClN7O2S. The Kier molecular flexibility index (Phi) is 6.81. The third-order valence-corrected chi connectivity index (χ3v) is 8.31. The Labute approximate surface area is 217 Å². The number of nitrogen functional groups attached to an aromatic ring is 2. The molecule has 4 heterocycles. The first-order valence-corrected chi connectivity index (χ1v) is 13.3. The van der Waals surface area contributed by atoms with Gasteiger partial charge in [-0.25, -0.2) is 15.0 Å². The SMILES string of the molecule is Nc1nc(N)c(C(=O)/C=C2\CCC3(CCN(C(=O)CCCc4nc5ccccc5s4)CC3)N2)nc1Cl. The van der Waals surface area contributed by atoms with Gasteiger partial charge in [-0.3, -0.25) is 9.59 Å². The van der Waals surface area contributed by atoms with Gasteiger partial charge in [-0.15, -0.1) is 11.3 Å². The Hall–Kier alpha value is -3.24. The standard InChI is InChI=1S/C25H28ClN7O2S/c26-22-24(28)31-23(27)21(30-22)17(34)14-15-8-9-25(32-15)10-12-33(13-11-25)20(35)7-3-6-19-29-16-4-1-2-5-18(16)36-19/h1-2,4-5,14,32H,3,6-13H2,(H4,27,28,31)/b15-14+. The zero-order valence-electron chi connectivity index (χ0n) is 19.8. The monoisotopic (exact) mass is 525 g/mol. The van der Waals surface area contributed by atoms with Crippen molar-refractivity contribution in [2.45, 2.75) is 50.5 Å². The number of amides is 1. The molecule has 2 aliphatic heterocycles. The van der Waals surface area contributed by atoms with Gasteiger partial charge in [0.25, 0.3) is 0 Å². The minimum Gasteiger partial charge on any atom is -0.383 e. The van der Waals surface area contributed by atoms with Gasteiger partial charge in [0.2, 0.25) is 11.7 Å². The van der Waals surface area contributed by atoms with Crippen molar-refractivity contribution in [3.05, 3.63) is 51.9 Å². The number of aromatic nitrogens is 3. The summed E-state index contributed by atoms with van der Waals surface area (Å²) in [6.45, 7) is 1.42. The lowest BCUT2D eigenvalue weighted by molar-refractivity contribution is -0.132. The predicted molar refractivity (Wildman–Crippen MR) is 142 cm³/mol. The number of nitrogens with one attached hydrogen (secondary N) is 1. The van der Waals surface area contributed by atoms with E-state index in [1.54, 1.807) is 11.3 Å². The number of allylic oxidation sites excluding steroid dienone is 2. The average Bonchev–Trinajstić information content (AvgIpc) is 3.45. The summed E-state index contributed by atoms with van der Waals surface area (Å²) < 4.78 is 1.19. The summed E-state index contributed by atoms with van der Waals surface area (Å²) in [5.41, 5.74) is 13.2. The van der Waals surface area contributed by atoms with Gasteiger partial charge >= 0.3 is 0 Å².